The van der Waals surface area contributed by atoms with Crippen molar-refractivity contribution in [3.63, 3.8) is 0 Å². The van der Waals surface area contributed by atoms with Crippen LogP contribution < -0.4 is 5.32 Å². The number of nitrogens with zero attached hydrogens (tertiary/aromatic N) is 1. The second-order valence-electron chi connectivity index (χ2n) is 5.57. The molecule has 0 amide bonds. The van der Waals surface area contributed by atoms with E-state index in [0.717, 1.165) is 18.4 Å². The van der Waals surface area contributed by atoms with Gasteiger partial charge in [0.05, 0.1) is 6.54 Å². The van der Waals surface area contributed by atoms with E-state index >= 15 is 0 Å². The van der Waals surface area contributed by atoms with Crippen LogP contribution in [0.4, 0.5) is 0 Å². The highest BCUT2D eigenvalue weighted by molar-refractivity contribution is 5.85. The highest BCUT2D eigenvalue weighted by Gasteiger charge is 2.17. The van der Waals surface area contributed by atoms with Crippen LogP contribution in [0.2, 0.25) is 0 Å². The second-order valence-corrected chi connectivity index (χ2v) is 5.57. The minimum absolute atomic E-state index is 0.0296. The third-order valence-corrected chi connectivity index (χ3v) is 3.94. The lowest BCUT2D eigenvalue weighted by molar-refractivity contribution is 0.0685. The van der Waals surface area contributed by atoms with E-state index < -0.39 is 5.97 Å². The van der Waals surface area contributed by atoms with E-state index in [2.05, 4.69) is 17.4 Å². The monoisotopic (exact) mass is 266 g/mol. The van der Waals surface area contributed by atoms with Crippen molar-refractivity contribution in [2.45, 2.75) is 45.6 Å². The van der Waals surface area contributed by atoms with Crippen molar-refractivity contribution >= 4 is 5.97 Å². The van der Waals surface area contributed by atoms with Crippen LogP contribution in [0.15, 0.2) is 10.6 Å². The third kappa shape index (κ3) is 4.35. The Hall–Kier alpha value is -1.36. The van der Waals surface area contributed by atoms with Gasteiger partial charge in [-0.3, -0.25) is 0 Å². The van der Waals surface area contributed by atoms with Crippen LogP contribution in [0, 0.1) is 11.8 Å². The van der Waals surface area contributed by atoms with Gasteiger partial charge < -0.3 is 14.9 Å². The third-order valence-electron chi connectivity index (χ3n) is 3.94. The molecule has 5 nitrogen and oxygen atoms in total. The number of aromatic carboxylic acids is 1. The Labute approximate surface area is 113 Å². The van der Waals surface area contributed by atoms with Crippen molar-refractivity contribution < 1.29 is 14.4 Å². The van der Waals surface area contributed by atoms with Gasteiger partial charge in [-0.25, -0.2) is 4.79 Å². The summed E-state index contributed by atoms with van der Waals surface area (Å²) in [4.78, 5) is 10.6. The predicted octanol–water partition coefficient (Wildman–Crippen LogP) is 2.68. The molecule has 0 atom stereocenters. The lowest BCUT2D eigenvalue weighted by Gasteiger charge is -2.26. The number of aromatic nitrogens is 1. The van der Waals surface area contributed by atoms with E-state index in [4.69, 9.17) is 9.63 Å². The minimum atomic E-state index is -1.05. The van der Waals surface area contributed by atoms with Crippen LogP contribution in [0.5, 0.6) is 0 Å². The molecule has 2 rings (SSSR count). The molecule has 1 aromatic rings. The Morgan fingerprint density at radius 2 is 2.21 bits per heavy atom. The van der Waals surface area contributed by atoms with E-state index in [-0.39, 0.29) is 5.69 Å². The highest BCUT2D eigenvalue weighted by Crippen LogP contribution is 2.29. The van der Waals surface area contributed by atoms with Gasteiger partial charge in [0.25, 0.3) is 0 Å². The van der Waals surface area contributed by atoms with Crippen molar-refractivity contribution in [2.75, 3.05) is 6.54 Å². The summed E-state index contributed by atoms with van der Waals surface area (Å²) in [6.07, 6.45) is 6.58. The van der Waals surface area contributed by atoms with Gasteiger partial charge in [-0.2, -0.15) is 0 Å². The molecule has 106 valence electrons. The quantitative estimate of drug-likeness (QED) is 0.774. The Morgan fingerprint density at radius 1 is 1.47 bits per heavy atom. The van der Waals surface area contributed by atoms with Crippen molar-refractivity contribution in [3.05, 3.63) is 17.5 Å². The molecule has 0 bridgehead atoms. The fraction of sp³-hybridized carbons (Fsp3) is 0.714. The standard InChI is InChI=1S/C14H22N2O3/c1-10-2-4-11(5-3-10)6-7-15-9-12-8-13(14(17)18)16-19-12/h8,10-11,15H,2-7,9H2,1H3,(H,17,18). The van der Waals surface area contributed by atoms with Crippen LogP contribution in [-0.4, -0.2) is 22.8 Å². The van der Waals surface area contributed by atoms with E-state index in [1.54, 1.807) is 0 Å². The van der Waals surface area contributed by atoms with Crippen LogP contribution in [0.1, 0.15) is 55.3 Å². The summed E-state index contributed by atoms with van der Waals surface area (Å²) in [7, 11) is 0. The smallest absolute Gasteiger partial charge is 0.358 e. The summed E-state index contributed by atoms with van der Waals surface area (Å²) in [5, 5.41) is 15.5. The maximum atomic E-state index is 10.6. The van der Waals surface area contributed by atoms with E-state index in [1.807, 2.05) is 0 Å². The fourth-order valence-corrected chi connectivity index (χ4v) is 2.63. The molecular weight excluding hydrogens is 244 g/mol. The number of carboxylic acid groups (broad SMARTS) is 1. The first-order valence-corrected chi connectivity index (χ1v) is 7.04. The predicted molar refractivity (Wildman–Crippen MR) is 70.9 cm³/mol. The maximum absolute atomic E-state index is 10.6. The summed E-state index contributed by atoms with van der Waals surface area (Å²) in [6.45, 7) is 3.82. The van der Waals surface area contributed by atoms with Gasteiger partial charge in [0.1, 0.15) is 0 Å². The maximum Gasteiger partial charge on any atom is 0.358 e. The Kier molecular flexibility index (Phi) is 4.96. The molecule has 0 saturated heterocycles. The normalized spacial score (nSPS) is 23.4. The van der Waals surface area contributed by atoms with Gasteiger partial charge in [-0.05, 0) is 24.8 Å². The molecule has 1 fully saturated rings. The summed E-state index contributed by atoms with van der Waals surface area (Å²) >= 11 is 0. The number of rotatable bonds is 6. The first-order chi connectivity index (χ1) is 9.15. The Balaban J connectivity index is 1.62. The molecule has 5 heteroatoms. The molecule has 1 aromatic heterocycles. The van der Waals surface area contributed by atoms with Crippen LogP contribution in [-0.2, 0) is 6.54 Å². The number of carbonyl (C=O) groups is 1. The molecule has 1 aliphatic carbocycles. The summed E-state index contributed by atoms with van der Waals surface area (Å²) < 4.78 is 4.94. The molecule has 1 aliphatic rings. The topological polar surface area (TPSA) is 75.4 Å². The molecule has 2 N–H and O–H groups in total. The average molecular weight is 266 g/mol. The van der Waals surface area contributed by atoms with E-state index in [9.17, 15) is 4.79 Å². The van der Waals surface area contributed by atoms with Gasteiger partial charge >= 0.3 is 5.97 Å². The lowest BCUT2D eigenvalue weighted by atomic mass is 9.81. The van der Waals surface area contributed by atoms with Crippen LogP contribution >= 0.6 is 0 Å². The van der Waals surface area contributed by atoms with E-state index in [0.29, 0.717) is 12.3 Å². The van der Waals surface area contributed by atoms with Crippen LogP contribution in [0.3, 0.4) is 0 Å². The van der Waals surface area contributed by atoms with Crippen molar-refractivity contribution in [3.8, 4) is 0 Å². The Morgan fingerprint density at radius 3 is 2.84 bits per heavy atom. The van der Waals surface area contributed by atoms with Gasteiger partial charge in [0, 0.05) is 6.07 Å². The summed E-state index contributed by atoms with van der Waals surface area (Å²) in [5.74, 6) is 1.27. The van der Waals surface area contributed by atoms with Crippen LogP contribution in [0.25, 0.3) is 0 Å². The van der Waals surface area contributed by atoms with Gasteiger partial charge in [0.2, 0.25) is 0 Å². The molecule has 1 heterocycles. The largest absolute Gasteiger partial charge is 0.476 e. The molecule has 19 heavy (non-hydrogen) atoms. The van der Waals surface area contributed by atoms with Crippen molar-refractivity contribution in [1.82, 2.24) is 10.5 Å². The second kappa shape index (κ2) is 6.70. The van der Waals surface area contributed by atoms with Crippen molar-refractivity contribution in [2.24, 2.45) is 11.8 Å². The first-order valence-electron chi connectivity index (χ1n) is 7.04. The number of hydrogen-bond donors (Lipinski definition) is 2. The molecule has 0 unspecified atom stereocenters. The highest BCUT2D eigenvalue weighted by atomic mass is 16.5. The first kappa shape index (κ1) is 14.1. The minimum Gasteiger partial charge on any atom is -0.476 e. The zero-order valence-corrected chi connectivity index (χ0v) is 11.4. The number of hydrogen-bond acceptors (Lipinski definition) is 4. The molecule has 0 radical (unpaired) electrons. The zero-order valence-electron chi connectivity index (χ0n) is 11.4. The Bertz CT molecular complexity index is 409. The molecule has 1 saturated carbocycles. The molecule has 0 spiro atoms. The molecule has 0 aromatic carbocycles. The van der Waals surface area contributed by atoms with Gasteiger partial charge in [0.15, 0.2) is 11.5 Å². The zero-order chi connectivity index (χ0) is 13.7. The summed E-state index contributed by atoms with van der Waals surface area (Å²) in [6, 6.07) is 1.47. The van der Waals surface area contributed by atoms with E-state index in [1.165, 1.54) is 38.2 Å². The molecular formula is C14H22N2O3. The van der Waals surface area contributed by atoms with Gasteiger partial charge in [-0.15, -0.1) is 0 Å². The SMILES string of the molecule is CC1CCC(CCNCc2cc(C(=O)O)no2)CC1. The fourth-order valence-electron chi connectivity index (χ4n) is 2.63. The number of carboxylic acids is 1. The van der Waals surface area contributed by atoms with Gasteiger partial charge in [-0.1, -0.05) is 37.8 Å². The molecule has 0 aliphatic heterocycles. The number of nitrogens with one attached hydrogen (secondary N) is 1. The average Bonchev–Trinajstić information content (AvgIpc) is 2.86. The van der Waals surface area contributed by atoms with Crippen molar-refractivity contribution in [1.29, 1.82) is 0 Å². The summed E-state index contributed by atoms with van der Waals surface area (Å²) in [5.41, 5.74) is -0.0296. The lowest BCUT2D eigenvalue weighted by Crippen LogP contribution is -2.20.